The van der Waals surface area contributed by atoms with Crippen molar-refractivity contribution in [2.75, 3.05) is 19.0 Å². The van der Waals surface area contributed by atoms with Crippen LogP contribution in [0, 0.1) is 0 Å². The van der Waals surface area contributed by atoms with Gasteiger partial charge in [0.2, 0.25) is 5.95 Å². The summed E-state index contributed by atoms with van der Waals surface area (Å²) in [7, 11) is 1.59. The zero-order valence-electron chi connectivity index (χ0n) is 12.3. The highest BCUT2D eigenvalue weighted by atomic mass is 16.5. The molecule has 0 aliphatic rings. The highest BCUT2D eigenvalue weighted by Gasteiger charge is 2.29. The summed E-state index contributed by atoms with van der Waals surface area (Å²) in [5.41, 5.74) is -0.342. The van der Waals surface area contributed by atoms with Crippen LogP contribution in [0.4, 0.5) is 5.95 Å². The van der Waals surface area contributed by atoms with E-state index < -0.39 is 11.6 Å². The third kappa shape index (κ3) is 3.70. The molecule has 0 saturated carbocycles. The Hall–Kier alpha value is -2.67. The van der Waals surface area contributed by atoms with Crippen LogP contribution in [0.1, 0.15) is 6.92 Å². The number of aromatic nitrogens is 2. The summed E-state index contributed by atoms with van der Waals surface area (Å²) in [5.74, 6) is -0.324. The van der Waals surface area contributed by atoms with Gasteiger partial charge in [0.25, 0.3) is 0 Å². The third-order valence-corrected chi connectivity index (χ3v) is 3.09. The minimum Gasteiger partial charge on any atom is -0.497 e. The molecule has 0 saturated heterocycles. The number of rotatable bonds is 6. The fourth-order valence-corrected chi connectivity index (χ4v) is 1.69. The summed E-state index contributed by atoms with van der Waals surface area (Å²) in [4.78, 5) is 19.2. The largest absolute Gasteiger partial charge is 0.497 e. The van der Waals surface area contributed by atoms with E-state index >= 15 is 0 Å². The predicted molar refractivity (Wildman–Crippen MR) is 80.8 cm³/mol. The number of carbonyl (C=O) groups is 1. The fourth-order valence-electron chi connectivity index (χ4n) is 1.69. The molecule has 116 valence electrons. The van der Waals surface area contributed by atoms with Crippen molar-refractivity contribution in [3.05, 3.63) is 36.5 Å². The van der Waals surface area contributed by atoms with Crippen LogP contribution < -0.4 is 10.1 Å². The molecule has 2 rings (SSSR count). The van der Waals surface area contributed by atoms with Crippen LogP contribution >= 0.6 is 0 Å². The van der Waals surface area contributed by atoms with Gasteiger partial charge in [0, 0.05) is 11.8 Å². The first-order valence-electron chi connectivity index (χ1n) is 6.59. The van der Waals surface area contributed by atoms with Gasteiger partial charge in [-0.3, -0.25) is 0 Å². The molecule has 0 bridgehead atoms. The Balaban J connectivity index is 2.14. The lowest BCUT2D eigenvalue weighted by Crippen LogP contribution is -2.42. The average molecular weight is 303 g/mol. The first-order valence-corrected chi connectivity index (χ1v) is 6.59. The number of carboxylic acids is 1. The molecular formula is C15H17N3O4. The van der Waals surface area contributed by atoms with Crippen molar-refractivity contribution in [2.45, 2.75) is 12.5 Å². The normalized spacial score (nSPS) is 13.2. The maximum absolute atomic E-state index is 10.8. The van der Waals surface area contributed by atoms with Crippen LogP contribution in [0.5, 0.6) is 5.75 Å². The minimum atomic E-state index is -1.89. The van der Waals surface area contributed by atoms with Gasteiger partial charge in [-0.05, 0) is 37.3 Å². The maximum Gasteiger partial charge on any atom is 0.337 e. The standard InChI is InChI=1S/C15H17N3O4/c1-15(21,13(19)20)9-17-14-16-8-7-12(18-14)10-3-5-11(22-2)6-4-10/h3-8,21H,9H2,1-2H3,(H,19,20)(H,16,17,18)/t15-/m1/s1. The number of methoxy groups -OCH3 is 1. The van der Waals surface area contributed by atoms with Crippen molar-refractivity contribution in [1.82, 2.24) is 9.97 Å². The van der Waals surface area contributed by atoms with Crippen LogP contribution in [-0.4, -0.2) is 45.4 Å². The van der Waals surface area contributed by atoms with E-state index in [-0.39, 0.29) is 12.5 Å². The Labute approximate surface area is 127 Å². The molecule has 0 amide bonds. The van der Waals surface area contributed by atoms with Gasteiger partial charge in [-0.2, -0.15) is 0 Å². The molecular weight excluding hydrogens is 286 g/mol. The van der Waals surface area contributed by atoms with E-state index in [1.165, 1.54) is 6.92 Å². The van der Waals surface area contributed by atoms with Crippen LogP contribution in [0.3, 0.4) is 0 Å². The predicted octanol–water partition coefficient (Wildman–Crippen LogP) is 1.40. The zero-order valence-corrected chi connectivity index (χ0v) is 12.3. The lowest BCUT2D eigenvalue weighted by Gasteiger charge is -2.18. The summed E-state index contributed by atoms with van der Waals surface area (Å²) in [6, 6.07) is 9.10. The summed E-state index contributed by atoms with van der Waals surface area (Å²) < 4.78 is 5.10. The quantitative estimate of drug-likeness (QED) is 0.740. The first kappa shape index (κ1) is 15.7. The van der Waals surface area contributed by atoms with E-state index in [0.29, 0.717) is 5.69 Å². The van der Waals surface area contributed by atoms with E-state index in [2.05, 4.69) is 15.3 Å². The summed E-state index contributed by atoms with van der Waals surface area (Å²) in [6.45, 7) is 1.00. The topological polar surface area (TPSA) is 105 Å². The van der Waals surface area contributed by atoms with Crippen LogP contribution in [0.25, 0.3) is 11.3 Å². The molecule has 22 heavy (non-hydrogen) atoms. The second-order valence-corrected chi connectivity index (χ2v) is 4.93. The molecule has 7 heteroatoms. The smallest absolute Gasteiger partial charge is 0.337 e. The summed E-state index contributed by atoms with van der Waals surface area (Å²) in [6.07, 6.45) is 1.56. The molecule has 0 spiro atoms. The Morgan fingerprint density at radius 1 is 1.32 bits per heavy atom. The van der Waals surface area contributed by atoms with Crippen molar-refractivity contribution in [1.29, 1.82) is 0 Å². The molecule has 1 aromatic carbocycles. The molecule has 1 heterocycles. The van der Waals surface area contributed by atoms with Crippen molar-refractivity contribution in [3.8, 4) is 17.0 Å². The molecule has 0 unspecified atom stereocenters. The Bertz CT molecular complexity index is 656. The fraction of sp³-hybridized carbons (Fsp3) is 0.267. The Kier molecular flexibility index (Phi) is 4.57. The van der Waals surface area contributed by atoms with Gasteiger partial charge in [-0.1, -0.05) is 0 Å². The minimum absolute atomic E-state index is 0.200. The lowest BCUT2D eigenvalue weighted by atomic mass is 10.1. The van der Waals surface area contributed by atoms with Gasteiger partial charge in [0.05, 0.1) is 19.3 Å². The highest BCUT2D eigenvalue weighted by molar-refractivity contribution is 5.77. The van der Waals surface area contributed by atoms with E-state index in [4.69, 9.17) is 9.84 Å². The van der Waals surface area contributed by atoms with E-state index in [1.807, 2.05) is 24.3 Å². The van der Waals surface area contributed by atoms with Gasteiger partial charge >= 0.3 is 5.97 Å². The third-order valence-electron chi connectivity index (χ3n) is 3.09. The number of aliphatic hydroxyl groups is 1. The van der Waals surface area contributed by atoms with Crippen molar-refractivity contribution < 1.29 is 19.7 Å². The lowest BCUT2D eigenvalue weighted by molar-refractivity contribution is -0.155. The molecule has 0 radical (unpaired) electrons. The molecule has 3 N–H and O–H groups in total. The molecule has 0 aliphatic carbocycles. The maximum atomic E-state index is 10.8. The Morgan fingerprint density at radius 3 is 2.59 bits per heavy atom. The van der Waals surface area contributed by atoms with Crippen LogP contribution in [-0.2, 0) is 4.79 Å². The molecule has 1 atom stereocenters. The van der Waals surface area contributed by atoms with Crippen molar-refractivity contribution in [3.63, 3.8) is 0 Å². The van der Waals surface area contributed by atoms with Crippen LogP contribution in [0.15, 0.2) is 36.5 Å². The van der Waals surface area contributed by atoms with Gasteiger partial charge < -0.3 is 20.3 Å². The molecule has 1 aromatic heterocycles. The van der Waals surface area contributed by atoms with Gasteiger partial charge in [-0.15, -0.1) is 0 Å². The van der Waals surface area contributed by atoms with Gasteiger partial charge in [0.15, 0.2) is 5.60 Å². The van der Waals surface area contributed by atoms with E-state index in [0.717, 1.165) is 11.3 Å². The number of nitrogens with one attached hydrogen (secondary N) is 1. The number of ether oxygens (including phenoxy) is 1. The Morgan fingerprint density at radius 2 is 2.00 bits per heavy atom. The molecule has 0 fully saturated rings. The van der Waals surface area contributed by atoms with E-state index in [1.54, 1.807) is 19.4 Å². The second kappa shape index (κ2) is 6.40. The summed E-state index contributed by atoms with van der Waals surface area (Å²) in [5, 5.41) is 21.2. The molecule has 7 nitrogen and oxygen atoms in total. The zero-order chi connectivity index (χ0) is 16.2. The number of benzene rings is 1. The number of aliphatic carboxylic acids is 1. The number of anilines is 1. The monoisotopic (exact) mass is 303 g/mol. The molecule has 0 aliphatic heterocycles. The second-order valence-electron chi connectivity index (χ2n) is 4.93. The highest BCUT2D eigenvalue weighted by Crippen LogP contribution is 2.21. The van der Waals surface area contributed by atoms with E-state index in [9.17, 15) is 9.90 Å². The number of hydrogen-bond acceptors (Lipinski definition) is 6. The van der Waals surface area contributed by atoms with Gasteiger partial charge in [0.1, 0.15) is 5.75 Å². The summed E-state index contributed by atoms with van der Waals surface area (Å²) >= 11 is 0. The number of carboxylic acid groups (broad SMARTS) is 1. The molecule has 2 aromatic rings. The van der Waals surface area contributed by atoms with Crippen LogP contribution in [0.2, 0.25) is 0 Å². The average Bonchev–Trinajstić information content (AvgIpc) is 2.53. The van der Waals surface area contributed by atoms with Crippen molar-refractivity contribution >= 4 is 11.9 Å². The first-order chi connectivity index (χ1) is 10.4. The SMILES string of the molecule is COc1ccc(-c2ccnc(NC[C@@](C)(O)C(=O)O)n2)cc1. The van der Waals surface area contributed by atoms with Crippen molar-refractivity contribution in [2.24, 2.45) is 0 Å². The number of nitrogens with zero attached hydrogens (tertiary/aromatic N) is 2. The number of hydrogen-bond donors (Lipinski definition) is 3. The van der Waals surface area contributed by atoms with Gasteiger partial charge in [-0.25, -0.2) is 14.8 Å².